The van der Waals surface area contributed by atoms with Crippen molar-refractivity contribution in [3.63, 3.8) is 0 Å². The Morgan fingerprint density at radius 2 is 2.00 bits per heavy atom. The van der Waals surface area contributed by atoms with Gasteiger partial charge in [0.25, 0.3) is 0 Å². The predicted octanol–water partition coefficient (Wildman–Crippen LogP) is 0.686. The lowest BCUT2D eigenvalue weighted by atomic mass is 10.00. The van der Waals surface area contributed by atoms with Gasteiger partial charge < -0.3 is 5.11 Å². The highest BCUT2D eigenvalue weighted by Crippen LogP contribution is 2.15. The van der Waals surface area contributed by atoms with Crippen LogP contribution in [0.4, 0.5) is 0 Å². The first-order valence-electron chi connectivity index (χ1n) is 5.54. The van der Waals surface area contributed by atoms with Gasteiger partial charge >= 0.3 is 5.97 Å². The van der Waals surface area contributed by atoms with E-state index >= 15 is 0 Å². The number of rotatable bonds is 6. The van der Waals surface area contributed by atoms with Gasteiger partial charge in [0, 0.05) is 6.54 Å². The highest BCUT2D eigenvalue weighted by Gasteiger charge is 2.25. The molecule has 0 aromatic heterocycles. The minimum absolute atomic E-state index is 0.284. The normalized spacial score (nSPS) is 14.3. The summed E-state index contributed by atoms with van der Waals surface area (Å²) in [6.45, 7) is 0.953. The molecule has 1 aromatic rings. The molecule has 0 saturated heterocycles. The molecule has 0 spiro atoms. The Labute approximate surface area is 111 Å². The quantitative estimate of drug-likeness (QED) is 0.798. The number of carbonyl (C=O) groups is 1. The number of nitrogens with zero attached hydrogens (tertiary/aromatic N) is 1. The third-order valence-corrected chi connectivity index (χ3v) is 4.24. The second-order valence-electron chi connectivity index (χ2n) is 3.97. The Kier molecular flexibility index (Phi) is 5.03. The topological polar surface area (TPSA) is 107 Å². The van der Waals surface area contributed by atoms with Gasteiger partial charge in [-0.3, -0.25) is 4.79 Å². The number of hydrogen-bond donors (Lipinski definition) is 2. The van der Waals surface area contributed by atoms with E-state index in [1.807, 2.05) is 0 Å². The fourth-order valence-electron chi connectivity index (χ4n) is 1.43. The minimum Gasteiger partial charge on any atom is -0.481 e. The summed E-state index contributed by atoms with van der Waals surface area (Å²) in [7, 11) is -3.82. The summed E-state index contributed by atoms with van der Waals surface area (Å²) in [6.07, 6.45) is 0. The van der Waals surface area contributed by atoms with E-state index in [4.69, 9.17) is 10.4 Å². The van der Waals surface area contributed by atoms with Crippen LogP contribution in [0.5, 0.6) is 0 Å². The zero-order valence-corrected chi connectivity index (χ0v) is 11.1. The highest BCUT2D eigenvalue weighted by atomic mass is 32.2. The molecular weight excluding hydrogens is 268 g/mol. The van der Waals surface area contributed by atoms with Gasteiger partial charge in [0.2, 0.25) is 10.0 Å². The Morgan fingerprint density at radius 3 is 2.47 bits per heavy atom. The summed E-state index contributed by atoms with van der Waals surface area (Å²) in [5.41, 5.74) is 0.502. The van der Waals surface area contributed by atoms with Gasteiger partial charge in [0.1, 0.15) is 0 Å². The maximum absolute atomic E-state index is 11.6. The maximum atomic E-state index is 11.6. The number of nitriles is 1. The van der Waals surface area contributed by atoms with E-state index in [1.165, 1.54) is 6.92 Å². The Balaban J connectivity index is 2.84. The summed E-state index contributed by atoms with van der Waals surface area (Å²) in [5, 5.41) is 16.5. The van der Waals surface area contributed by atoms with E-state index in [9.17, 15) is 13.2 Å². The van der Waals surface area contributed by atoms with Gasteiger partial charge in [-0.1, -0.05) is 30.3 Å². The molecule has 6 nitrogen and oxygen atoms in total. The van der Waals surface area contributed by atoms with Crippen LogP contribution in [0.3, 0.4) is 0 Å². The van der Waals surface area contributed by atoms with Crippen molar-refractivity contribution >= 4 is 16.0 Å². The molecule has 1 aromatic carbocycles. The van der Waals surface area contributed by atoms with Crippen molar-refractivity contribution in [3.05, 3.63) is 35.9 Å². The molecule has 2 atom stereocenters. The van der Waals surface area contributed by atoms with Gasteiger partial charge in [-0.25, -0.2) is 13.1 Å². The molecule has 0 heterocycles. The van der Waals surface area contributed by atoms with E-state index in [0.717, 1.165) is 0 Å². The molecule has 19 heavy (non-hydrogen) atoms. The van der Waals surface area contributed by atoms with Crippen molar-refractivity contribution in [2.45, 2.75) is 18.1 Å². The monoisotopic (exact) mass is 282 g/mol. The Hall–Kier alpha value is -1.91. The van der Waals surface area contributed by atoms with Gasteiger partial charge in [-0.2, -0.15) is 5.26 Å². The minimum atomic E-state index is -3.82. The van der Waals surface area contributed by atoms with E-state index in [2.05, 4.69) is 4.72 Å². The molecular formula is C12H14N2O4S. The van der Waals surface area contributed by atoms with Crippen molar-refractivity contribution < 1.29 is 18.3 Å². The van der Waals surface area contributed by atoms with Crippen molar-refractivity contribution in [1.82, 2.24) is 4.72 Å². The summed E-state index contributed by atoms with van der Waals surface area (Å²) in [5.74, 6) is -2.11. The van der Waals surface area contributed by atoms with E-state index in [1.54, 1.807) is 36.4 Å². The summed E-state index contributed by atoms with van der Waals surface area (Å²) < 4.78 is 25.3. The number of carboxylic acids is 1. The zero-order chi connectivity index (χ0) is 14.5. The van der Waals surface area contributed by atoms with Crippen LogP contribution in [0.1, 0.15) is 18.4 Å². The van der Waals surface area contributed by atoms with E-state index < -0.39 is 27.2 Å². The highest BCUT2D eigenvalue weighted by molar-refractivity contribution is 7.90. The van der Waals surface area contributed by atoms with Crippen molar-refractivity contribution in [3.8, 4) is 6.07 Å². The van der Waals surface area contributed by atoms with Crippen LogP contribution in [0.15, 0.2) is 30.3 Å². The zero-order valence-electron chi connectivity index (χ0n) is 10.3. The van der Waals surface area contributed by atoms with Crippen LogP contribution in [0.25, 0.3) is 0 Å². The molecule has 0 bridgehead atoms. The smallest absolute Gasteiger partial charge is 0.312 e. The van der Waals surface area contributed by atoms with Gasteiger partial charge in [0.05, 0.1) is 12.0 Å². The van der Waals surface area contributed by atoms with Crippen LogP contribution in [-0.2, 0) is 14.8 Å². The number of sulfonamides is 1. The fourth-order valence-corrected chi connectivity index (χ4v) is 2.21. The SMILES string of the molecule is CC(C#N)S(=O)(=O)NCC(C(=O)O)c1ccccc1. The van der Waals surface area contributed by atoms with Crippen LogP contribution >= 0.6 is 0 Å². The van der Waals surface area contributed by atoms with Gasteiger partial charge in [-0.05, 0) is 12.5 Å². The second-order valence-corrected chi connectivity index (χ2v) is 6.05. The van der Waals surface area contributed by atoms with Crippen LogP contribution in [0, 0.1) is 11.3 Å². The molecule has 0 fully saturated rings. The lowest BCUT2D eigenvalue weighted by molar-refractivity contribution is -0.138. The van der Waals surface area contributed by atoms with E-state index in [-0.39, 0.29) is 6.54 Å². The molecule has 0 radical (unpaired) electrons. The average molecular weight is 282 g/mol. The molecule has 0 aliphatic carbocycles. The fraction of sp³-hybridized carbons (Fsp3) is 0.333. The van der Waals surface area contributed by atoms with Gasteiger partial charge in [-0.15, -0.1) is 0 Å². The molecule has 0 saturated carbocycles. The first kappa shape index (κ1) is 15.1. The second kappa shape index (κ2) is 6.31. The summed E-state index contributed by atoms with van der Waals surface area (Å²) >= 11 is 0. The molecule has 2 N–H and O–H groups in total. The molecule has 0 amide bonds. The third kappa shape index (κ3) is 4.05. The number of benzene rings is 1. The van der Waals surface area contributed by atoms with Crippen LogP contribution in [-0.4, -0.2) is 31.3 Å². The molecule has 0 aliphatic heterocycles. The van der Waals surface area contributed by atoms with Crippen molar-refractivity contribution in [2.75, 3.05) is 6.54 Å². The first-order chi connectivity index (χ1) is 8.88. The number of aliphatic carboxylic acids is 1. The predicted molar refractivity (Wildman–Crippen MR) is 68.8 cm³/mol. The summed E-state index contributed by atoms with van der Waals surface area (Å²) in [4.78, 5) is 11.2. The van der Waals surface area contributed by atoms with Gasteiger partial charge in [0.15, 0.2) is 5.25 Å². The van der Waals surface area contributed by atoms with Crippen molar-refractivity contribution in [1.29, 1.82) is 5.26 Å². The lowest BCUT2D eigenvalue weighted by Gasteiger charge is -2.14. The average Bonchev–Trinajstić information content (AvgIpc) is 2.38. The largest absolute Gasteiger partial charge is 0.481 e. The van der Waals surface area contributed by atoms with Crippen LogP contribution in [0.2, 0.25) is 0 Å². The molecule has 2 unspecified atom stereocenters. The molecule has 1 rings (SSSR count). The van der Waals surface area contributed by atoms with E-state index in [0.29, 0.717) is 5.56 Å². The number of hydrogen-bond acceptors (Lipinski definition) is 4. The molecule has 102 valence electrons. The third-order valence-electron chi connectivity index (χ3n) is 2.64. The first-order valence-corrected chi connectivity index (χ1v) is 7.09. The summed E-state index contributed by atoms with van der Waals surface area (Å²) in [6, 6.07) is 9.92. The number of nitrogens with one attached hydrogen (secondary N) is 1. The molecule has 7 heteroatoms. The van der Waals surface area contributed by atoms with Crippen LogP contribution < -0.4 is 4.72 Å². The molecule has 0 aliphatic rings. The number of carboxylic acid groups (broad SMARTS) is 1. The Morgan fingerprint density at radius 1 is 1.42 bits per heavy atom. The Bertz CT molecular complexity index is 577. The maximum Gasteiger partial charge on any atom is 0.312 e. The lowest BCUT2D eigenvalue weighted by Crippen LogP contribution is -2.36. The van der Waals surface area contributed by atoms with Crippen molar-refractivity contribution in [2.24, 2.45) is 0 Å². The standard InChI is InChI=1S/C12H14N2O4S/c1-9(7-13)19(17,18)14-8-11(12(15)16)10-5-3-2-4-6-10/h2-6,9,11,14H,8H2,1H3,(H,15,16).